The molecule has 0 bridgehead atoms. The lowest BCUT2D eigenvalue weighted by Gasteiger charge is -2.11. The number of hydrogen-bond acceptors (Lipinski definition) is 3. The molecule has 0 saturated heterocycles. The number of aryl methyl sites for hydroxylation is 1. The third kappa shape index (κ3) is 3.49. The third-order valence-corrected chi connectivity index (χ3v) is 4.67. The van der Waals surface area contributed by atoms with Gasteiger partial charge in [0.05, 0.1) is 4.90 Å². The van der Waals surface area contributed by atoms with E-state index in [1.54, 1.807) is 50.2 Å². The van der Waals surface area contributed by atoms with Crippen LogP contribution in [0.5, 0.6) is 0 Å². The van der Waals surface area contributed by atoms with Crippen LogP contribution in [0.4, 0.5) is 5.69 Å². The highest BCUT2D eigenvalue weighted by molar-refractivity contribution is 7.92. The van der Waals surface area contributed by atoms with Gasteiger partial charge in [-0.25, -0.2) is 8.42 Å². The normalized spacial score (nSPS) is 11.1. The molecule has 0 aliphatic carbocycles. The second kappa shape index (κ2) is 6.10. The molecule has 0 spiro atoms. The highest BCUT2D eigenvalue weighted by Crippen LogP contribution is 2.21. The van der Waals surface area contributed by atoms with Gasteiger partial charge in [-0.15, -0.1) is 0 Å². The molecule has 0 amide bonds. The summed E-state index contributed by atoms with van der Waals surface area (Å²) in [5, 5.41) is 0. The molecule has 0 heterocycles. The molecular weight excluding hydrogens is 286 g/mol. The summed E-state index contributed by atoms with van der Waals surface area (Å²) in [5.41, 5.74) is 1.51. The van der Waals surface area contributed by atoms with Crippen LogP contribution in [-0.4, -0.2) is 14.2 Å². The zero-order chi connectivity index (χ0) is 15.5. The first kappa shape index (κ1) is 15.3. The van der Waals surface area contributed by atoms with Gasteiger partial charge in [0.15, 0.2) is 5.78 Å². The smallest absolute Gasteiger partial charge is 0.262 e. The number of nitrogens with one attached hydrogen (secondary N) is 1. The molecule has 2 aromatic rings. The Morgan fingerprint density at radius 3 is 2.38 bits per heavy atom. The Bertz CT molecular complexity index is 752. The zero-order valence-corrected chi connectivity index (χ0v) is 12.8. The Balaban J connectivity index is 2.42. The second-order valence-electron chi connectivity index (χ2n) is 4.73. The van der Waals surface area contributed by atoms with Gasteiger partial charge in [0.2, 0.25) is 0 Å². The van der Waals surface area contributed by atoms with Gasteiger partial charge < -0.3 is 0 Å². The van der Waals surface area contributed by atoms with Crippen LogP contribution in [-0.2, 0) is 10.0 Å². The molecule has 21 heavy (non-hydrogen) atoms. The number of benzene rings is 2. The van der Waals surface area contributed by atoms with Crippen molar-refractivity contribution < 1.29 is 13.2 Å². The fourth-order valence-corrected chi connectivity index (χ4v) is 3.31. The molecule has 4 nitrogen and oxygen atoms in total. The fourth-order valence-electron chi connectivity index (χ4n) is 1.98. The van der Waals surface area contributed by atoms with Crippen molar-refractivity contribution in [3.8, 4) is 0 Å². The first-order valence-corrected chi connectivity index (χ1v) is 8.14. The summed E-state index contributed by atoms with van der Waals surface area (Å²) in [5.74, 6) is -0.0776. The van der Waals surface area contributed by atoms with Crippen molar-refractivity contribution in [2.45, 2.75) is 25.2 Å². The van der Waals surface area contributed by atoms with E-state index in [2.05, 4.69) is 4.72 Å². The molecule has 0 aromatic heterocycles. The molecule has 0 atom stereocenters. The van der Waals surface area contributed by atoms with E-state index in [-0.39, 0.29) is 10.7 Å². The maximum atomic E-state index is 12.5. The standard InChI is InChI=1S/C16H17NO3S/c1-3-15(18)13-10-9-12(2)16(11-13)21(19,20)17-14-7-5-4-6-8-14/h4-11,17H,3H2,1-2H3. The van der Waals surface area contributed by atoms with Crippen molar-refractivity contribution in [1.29, 1.82) is 0 Å². The highest BCUT2D eigenvalue weighted by Gasteiger charge is 2.18. The van der Waals surface area contributed by atoms with Crippen LogP contribution >= 0.6 is 0 Å². The molecule has 0 saturated carbocycles. The molecule has 0 fully saturated rings. The predicted molar refractivity (Wildman–Crippen MR) is 83.1 cm³/mol. The minimum Gasteiger partial charge on any atom is -0.294 e. The number of carbonyl (C=O) groups is 1. The van der Waals surface area contributed by atoms with Crippen molar-refractivity contribution >= 4 is 21.5 Å². The molecule has 0 aliphatic rings. The number of rotatable bonds is 5. The number of ketones is 1. The maximum absolute atomic E-state index is 12.5. The van der Waals surface area contributed by atoms with E-state index in [4.69, 9.17) is 0 Å². The van der Waals surface area contributed by atoms with Crippen LogP contribution in [0.1, 0.15) is 29.3 Å². The summed E-state index contributed by atoms with van der Waals surface area (Å²) in [6.45, 7) is 3.46. The van der Waals surface area contributed by atoms with E-state index in [0.29, 0.717) is 23.2 Å². The van der Waals surface area contributed by atoms with Crippen LogP contribution < -0.4 is 4.72 Å². The Hall–Kier alpha value is -2.14. The average Bonchev–Trinajstić information content (AvgIpc) is 2.47. The number of para-hydroxylation sites is 1. The van der Waals surface area contributed by atoms with E-state index < -0.39 is 10.0 Å². The summed E-state index contributed by atoms with van der Waals surface area (Å²) >= 11 is 0. The minimum absolute atomic E-state index is 0.0776. The first-order chi connectivity index (χ1) is 9.94. The lowest BCUT2D eigenvalue weighted by Crippen LogP contribution is -2.15. The summed E-state index contributed by atoms with van der Waals surface area (Å²) in [7, 11) is -3.71. The predicted octanol–water partition coefficient (Wildman–Crippen LogP) is 3.39. The van der Waals surface area contributed by atoms with E-state index >= 15 is 0 Å². The van der Waals surface area contributed by atoms with E-state index in [1.807, 2.05) is 6.07 Å². The summed E-state index contributed by atoms with van der Waals surface area (Å²) in [6, 6.07) is 13.4. The van der Waals surface area contributed by atoms with Crippen molar-refractivity contribution in [2.24, 2.45) is 0 Å². The molecule has 2 aromatic carbocycles. The van der Waals surface area contributed by atoms with Crippen LogP contribution in [0, 0.1) is 6.92 Å². The Morgan fingerprint density at radius 2 is 1.76 bits per heavy atom. The van der Waals surface area contributed by atoms with Gasteiger partial charge in [-0.3, -0.25) is 9.52 Å². The lowest BCUT2D eigenvalue weighted by atomic mass is 10.1. The third-order valence-electron chi connectivity index (χ3n) is 3.15. The van der Waals surface area contributed by atoms with Crippen LogP contribution in [0.2, 0.25) is 0 Å². The summed E-state index contributed by atoms with van der Waals surface area (Å²) < 4.78 is 27.4. The Kier molecular flexibility index (Phi) is 4.43. The SMILES string of the molecule is CCC(=O)c1ccc(C)c(S(=O)(=O)Nc2ccccc2)c1. The monoisotopic (exact) mass is 303 g/mol. The maximum Gasteiger partial charge on any atom is 0.262 e. The van der Waals surface area contributed by atoms with Crippen LogP contribution in [0.25, 0.3) is 0 Å². The molecule has 0 aliphatic heterocycles. The number of Topliss-reactive ketones (excluding diaryl/α,β-unsaturated/α-hetero) is 1. The second-order valence-corrected chi connectivity index (χ2v) is 6.38. The van der Waals surface area contributed by atoms with E-state index in [1.165, 1.54) is 6.07 Å². The zero-order valence-electron chi connectivity index (χ0n) is 12.0. The quantitative estimate of drug-likeness (QED) is 0.861. The van der Waals surface area contributed by atoms with Gasteiger partial charge in [0.1, 0.15) is 0 Å². The minimum atomic E-state index is -3.71. The van der Waals surface area contributed by atoms with Gasteiger partial charge in [0.25, 0.3) is 10.0 Å². The molecule has 5 heteroatoms. The fraction of sp³-hybridized carbons (Fsp3) is 0.188. The Labute approximate surface area is 124 Å². The first-order valence-electron chi connectivity index (χ1n) is 6.66. The van der Waals surface area contributed by atoms with Crippen molar-refractivity contribution in [2.75, 3.05) is 4.72 Å². The lowest BCUT2D eigenvalue weighted by molar-refractivity contribution is 0.0988. The van der Waals surface area contributed by atoms with Gasteiger partial charge in [-0.1, -0.05) is 37.3 Å². The molecular formula is C16H17NO3S. The van der Waals surface area contributed by atoms with Crippen molar-refractivity contribution in [3.05, 3.63) is 59.7 Å². The number of hydrogen-bond donors (Lipinski definition) is 1. The summed E-state index contributed by atoms with van der Waals surface area (Å²) in [4.78, 5) is 11.9. The van der Waals surface area contributed by atoms with Crippen LogP contribution in [0.15, 0.2) is 53.4 Å². The number of anilines is 1. The number of carbonyl (C=O) groups excluding carboxylic acids is 1. The summed E-state index contributed by atoms with van der Waals surface area (Å²) in [6.07, 6.45) is 0.342. The van der Waals surface area contributed by atoms with E-state index in [9.17, 15) is 13.2 Å². The van der Waals surface area contributed by atoms with Gasteiger partial charge in [-0.2, -0.15) is 0 Å². The molecule has 1 N–H and O–H groups in total. The Morgan fingerprint density at radius 1 is 1.10 bits per heavy atom. The number of sulfonamides is 1. The average molecular weight is 303 g/mol. The molecule has 0 unspecified atom stereocenters. The largest absolute Gasteiger partial charge is 0.294 e. The van der Waals surface area contributed by atoms with Gasteiger partial charge in [-0.05, 0) is 30.7 Å². The van der Waals surface area contributed by atoms with Crippen molar-refractivity contribution in [1.82, 2.24) is 0 Å². The van der Waals surface area contributed by atoms with E-state index in [0.717, 1.165) is 0 Å². The molecule has 2 rings (SSSR count). The van der Waals surface area contributed by atoms with Crippen molar-refractivity contribution in [3.63, 3.8) is 0 Å². The van der Waals surface area contributed by atoms with Gasteiger partial charge >= 0.3 is 0 Å². The topological polar surface area (TPSA) is 63.2 Å². The van der Waals surface area contributed by atoms with Crippen LogP contribution in [0.3, 0.4) is 0 Å². The highest BCUT2D eigenvalue weighted by atomic mass is 32.2. The molecule has 110 valence electrons. The van der Waals surface area contributed by atoms with Gasteiger partial charge in [0, 0.05) is 17.7 Å². The molecule has 0 radical (unpaired) electrons.